The molecule has 0 aliphatic heterocycles. The van der Waals surface area contributed by atoms with Crippen LogP contribution in [-0.2, 0) is 5.41 Å². The number of nitrogens with zero attached hydrogens (tertiary/aromatic N) is 1. The van der Waals surface area contributed by atoms with Crippen molar-refractivity contribution in [2.45, 2.75) is 90.6 Å². The third-order valence-electron chi connectivity index (χ3n) is 4.42. The van der Waals surface area contributed by atoms with Crippen molar-refractivity contribution in [1.82, 2.24) is 10.3 Å². The average molecular weight is 309 g/mol. The zero-order chi connectivity index (χ0) is 15.5. The Morgan fingerprint density at radius 2 is 1.90 bits per heavy atom. The molecule has 3 heteroatoms. The fourth-order valence-corrected chi connectivity index (χ4v) is 4.31. The quantitative estimate of drug-likeness (QED) is 0.782. The summed E-state index contributed by atoms with van der Waals surface area (Å²) < 4.78 is 0. The fraction of sp³-hybridized carbons (Fsp3) is 0.833. The van der Waals surface area contributed by atoms with Crippen LogP contribution >= 0.6 is 11.3 Å². The molecule has 1 unspecified atom stereocenters. The lowest BCUT2D eigenvalue weighted by molar-refractivity contribution is 0.291. The first-order valence-corrected chi connectivity index (χ1v) is 9.46. The number of nitrogens with one attached hydrogen (secondary N) is 1. The lowest BCUT2D eigenvalue weighted by atomic mass is 9.84. The maximum Gasteiger partial charge on any atom is 0.110 e. The van der Waals surface area contributed by atoms with Gasteiger partial charge >= 0.3 is 0 Å². The second-order valence-corrected chi connectivity index (χ2v) is 8.82. The molecular formula is C18H32N2S. The first-order valence-electron chi connectivity index (χ1n) is 8.58. The van der Waals surface area contributed by atoms with Crippen LogP contribution in [0.5, 0.6) is 0 Å². The van der Waals surface area contributed by atoms with E-state index in [9.17, 15) is 0 Å². The van der Waals surface area contributed by atoms with Gasteiger partial charge in [0.2, 0.25) is 0 Å². The largest absolute Gasteiger partial charge is 0.306 e. The molecule has 0 spiro atoms. The zero-order valence-electron chi connectivity index (χ0n) is 14.4. The van der Waals surface area contributed by atoms with Crippen molar-refractivity contribution in [2.24, 2.45) is 5.92 Å². The van der Waals surface area contributed by atoms with Crippen molar-refractivity contribution in [3.8, 4) is 0 Å². The first kappa shape index (κ1) is 17.0. The van der Waals surface area contributed by atoms with Gasteiger partial charge in [-0.1, -0.05) is 66.7 Å². The van der Waals surface area contributed by atoms with E-state index in [1.54, 1.807) is 0 Å². The Morgan fingerprint density at radius 1 is 1.24 bits per heavy atom. The third kappa shape index (κ3) is 5.07. The van der Waals surface area contributed by atoms with E-state index in [2.05, 4.69) is 45.3 Å². The maximum absolute atomic E-state index is 4.96. The van der Waals surface area contributed by atoms with Gasteiger partial charge in [0.05, 0.1) is 11.7 Å². The van der Waals surface area contributed by atoms with Crippen LogP contribution in [0.3, 0.4) is 0 Å². The summed E-state index contributed by atoms with van der Waals surface area (Å²) in [6.45, 7) is 11.2. The van der Waals surface area contributed by atoms with Gasteiger partial charge in [-0.05, 0) is 12.3 Å². The van der Waals surface area contributed by atoms with Crippen molar-refractivity contribution in [2.75, 3.05) is 0 Å². The summed E-state index contributed by atoms with van der Waals surface area (Å²) in [4.78, 5) is 4.96. The molecule has 2 rings (SSSR count). The van der Waals surface area contributed by atoms with Crippen molar-refractivity contribution in [3.63, 3.8) is 0 Å². The predicted molar refractivity (Wildman–Crippen MR) is 93.0 cm³/mol. The Kier molecular flexibility index (Phi) is 5.84. The van der Waals surface area contributed by atoms with E-state index in [1.165, 1.54) is 49.2 Å². The van der Waals surface area contributed by atoms with Gasteiger partial charge in [-0.2, -0.15) is 0 Å². The van der Waals surface area contributed by atoms with E-state index in [4.69, 9.17) is 4.98 Å². The SMILES string of the molecule is CC(C)NC(CC1CCCCC1)c1nc(C(C)(C)C)cs1. The molecule has 2 nitrogen and oxygen atoms in total. The zero-order valence-corrected chi connectivity index (χ0v) is 15.2. The Bertz CT molecular complexity index is 425. The topological polar surface area (TPSA) is 24.9 Å². The summed E-state index contributed by atoms with van der Waals surface area (Å²) in [5, 5.41) is 7.30. The van der Waals surface area contributed by atoms with Crippen LogP contribution in [0.25, 0.3) is 0 Å². The molecule has 1 fully saturated rings. The Labute approximate surface area is 134 Å². The highest BCUT2D eigenvalue weighted by Gasteiger charge is 2.25. The monoisotopic (exact) mass is 308 g/mol. The van der Waals surface area contributed by atoms with Gasteiger partial charge in [0, 0.05) is 16.8 Å². The molecule has 21 heavy (non-hydrogen) atoms. The minimum absolute atomic E-state index is 0.155. The normalized spacial score (nSPS) is 19.1. The molecule has 0 radical (unpaired) electrons. The van der Waals surface area contributed by atoms with Gasteiger partial charge < -0.3 is 5.32 Å². The van der Waals surface area contributed by atoms with E-state index in [-0.39, 0.29) is 5.41 Å². The first-order chi connectivity index (χ1) is 9.86. The number of thiazole rings is 1. The highest BCUT2D eigenvalue weighted by atomic mass is 32.1. The second-order valence-electron chi connectivity index (χ2n) is 7.93. The molecule has 1 aliphatic rings. The van der Waals surface area contributed by atoms with E-state index < -0.39 is 0 Å². The average Bonchev–Trinajstić information content (AvgIpc) is 2.88. The lowest BCUT2D eigenvalue weighted by Gasteiger charge is -2.27. The van der Waals surface area contributed by atoms with Crippen LogP contribution in [0.2, 0.25) is 0 Å². The van der Waals surface area contributed by atoms with Crippen LogP contribution in [0.1, 0.15) is 89.9 Å². The Morgan fingerprint density at radius 3 is 2.43 bits per heavy atom. The Hall–Kier alpha value is -0.410. The smallest absolute Gasteiger partial charge is 0.110 e. The molecular weight excluding hydrogens is 276 g/mol. The minimum atomic E-state index is 0.155. The highest BCUT2D eigenvalue weighted by Crippen LogP contribution is 2.34. The van der Waals surface area contributed by atoms with Gasteiger partial charge in [-0.25, -0.2) is 4.98 Å². The summed E-state index contributed by atoms with van der Waals surface area (Å²) in [7, 11) is 0. The van der Waals surface area contributed by atoms with Gasteiger partial charge in [0.15, 0.2) is 0 Å². The van der Waals surface area contributed by atoms with Crippen LogP contribution in [0, 0.1) is 5.92 Å². The molecule has 1 aromatic heterocycles. The molecule has 0 bridgehead atoms. The number of rotatable bonds is 5. The van der Waals surface area contributed by atoms with Gasteiger partial charge in [0.1, 0.15) is 5.01 Å². The third-order valence-corrected chi connectivity index (χ3v) is 5.38. The van der Waals surface area contributed by atoms with Crippen molar-refractivity contribution < 1.29 is 0 Å². The van der Waals surface area contributed by atoms with Gasteiger partial charge in [-0.3, -0.25) is 0 Å². The molecule has 1 N–H and O–H groups in total. The molecule has 1 aromatic rings. The molecule has 1 heterocycles. The standard InChI is InChI=1S/C18H32N2S/c1-13(2)19-15(11-14-9-7-6-8-10-14)17-20-16(12-21-17)18(3,4)5/h12-15,19H,6-11H2,1-5H3. The predicted octanol–water partition coefficient (Wildman–Crippen LogP) is 5.45. The second kappa shape index (κ2) is 7.23. The van der Waals surface area contributed by atoms with Gasteiger partial charge in [0.25, 0.3) is 0 Å². The molecule has 0 saturated heterocycles. The molecule has 1 saturated carbocycles. The molecule has 1 aliphatic carbocycles. The van der Waals surface area contributed by atoms with Crippen LogP contribution in [-0.4, -0.2) is 11.0 Å². The Balaban J connectivity index is 2.09. The molecule has 1 atom stereocenters. The molecule has 120 valence electrons. The van der Waals surface area contributed by atoms with Gasteiger partial charge in [-0.15, -0.1) is 11.3 Å². The number of hydrogen-bond acceptors (Lipinski definition) is 3. The minimum Gasteiger partial charge on any atom is -0.306 e. The summed E-state index contributed by atoms with van der Waals surface area (Å²) in [6.07, 6.45) is 8.36. The van der Waals surface area contributed by atoms with E-state index in [0.717, 1.165) is 5.92 Å². The summed E-state index contributed by atoms with van der Waals surface area (Å²) >= 11 is 1.84. The number of hydrogen-bond donors (Lipinski definition) is 1. The lowest BCUT2D eigenvalue weighted by Crippen LogP contribution is -2.30. The maximum atomic E-state index is 4.96. The molecule has 0 aromatic carbocycles. The van der Waals surface area contributed by atoms with E-state index in [0.29, 0.717) is 12.1 Å². The summed E-state index contributed by atoms with van der Waals surface area (Å²) in [5.41, 5.74) is 1.39. The van der Waals surface area contributed by atoms with Crippen molar-refractivity contribution in [3.05, 3.63) is 16.1 Å². The van der Waals surface area contributed by atoms with E-state index >= 15 is 0 Å². The van der Waals surface area contributed by atoms with Crippen LogP contribution in [0.15, 0.2) is 5.38 Å². The van der Waals surface area contributed by atoms with Crippen LogP contribution < -0.4 is 5.32 Å². The van der Waals surface area contributed by atoms with Crippen LogP contribution in [0.4, 0.5) is 0 Å². The van der Waals surface area contributed by atoms with Crippen molar-refractivity contribution >= 4 is 11.3 Å². The summed E-state index contributed by atoms with van der Waals surface area (Å²) in [6, 6.07) is 0.953. The van der Waals surface area contributed by atoms with Crippen molar-refractivity contribution in [1.29, 1.82) is 0 Å². The number of aromatic nitrogens is 1. The fourth-order valence-electron chi connectivity index (χ4n) is 3.19. The van der Waals surface area contributed by atoms with E-state index in [1.807, 2.05) is 11.3 Å². The summed E-state index contributed by atoms with van der Waals surface area (Å²) in [5.74, 6) is 0.886. The molecule has 0 amide bonds. The highest BCUT2D eigenvalue weighted by molar-refractivity contribution is 7.09.